The van der Waals surface area contributed by atoms with Gasteiger partial charge >= 0.3 is 0 Å². The highest BCUT2D eigenvalue weighted by atomic mass is 35.5. The Morgan fingerprint density at radius 2 is 2.27 bits per heavy atom. The van der Waals surface area contributed by atoms with Crippen LogP contribution in [0.25, 0.3) is 0 Å². The molecule has 1 rings (SSSR count). The number of hydrogen-bond donors (Lipinski definition) is 0. The lowest BCUT2D eigenvalue weighted by molar-refractivity contribution is 0.112. The summed E-state index contributed by atoms with van der Waals surface area (Å²) in [6, 6.07) is 5.25. The molecule has 11 heavy (non-hydrogen) atoms. The molecule has 58 valence electrons. The quantitative estimate of drug-likeness (QED) is 0.637. The molecule has 2 nitrogen and oxygen atoms in total. The van der Waals surface area contributed by atoms with Crippen LogP contribution >= 0.6 is 11.9 Å². The van der Waals surface area contributed by atoms with Crippen LogP contribution in [0.4, 0.5) is 0 Å². The van der Waals surface area contributed by atoms with Crippen molar-refractivity contribution in [1.82, 2.24) is 0 Å². The molecule has 0 saturated carbocycles. The van der Waals surface area contributed by atoms with Gasteiger partial charge in [0, 0.05) is 0 Å². The molecule has 0 aromatic heterocycles. The van der Waals surface area contributed by atoms with Crippen molar-refractivity contribution in [3.05, 3.63) is 29.3 Å². The van der Waals surface area contributed by atoms with E-state index in [1.54, 1.807) is 12.1 Å². The number of halogens is 1. The summed E-state index contributed by atoms with van der Waals surface area (Å²) in [7, 11) is 0. The molecule has 0 bridgehead atoms. The molecule has 1 aromatic carbocycles. The van der Waals surface area contributed by atoms with E-state index in [1.165, 1.54) is 0 Å². The molecule has 1 aromatic rings. The molecule has 0 N–H and O–H groups in total. The summed E-state index contributed by atoms with van der Waals surface area (Å²) >= 11 is 5.16. The van der Waals surface area contributed by atoms with Crippen molar-refractivity contribution in [3.8, 4) is 5.75 Å². The molecular formula is C8H7ClO2. The Morgan fingerprint density at radius 1 is 1.55 bits per heavy atom. The second-order valence-corrected chi connectivity index (χ2v) is 2.34. The molecule has 0 atom stereocenters. The summed E-state index contributed by atoms with van der Waals surface area (Å²) in [5.41, 5.74) is 1.32. The first-order valence-corrected chi connectivity index (χ1v) is 3.44. The van der Waals surface area contributed by atoms with Crippen molar-refractivity contribution < 1.29 is 9.08 Å². The van der Waals surface area contributed by atoms with Crippen LogP contribution in [-0.4, -0.2) is 6.29 Å². The number of carbonyl (C=O) groups is 1. The fourth-order valence-corrected chi connectivity index (χ4v) is 1.08. The van der Waals surface area contributed by atoms with Crippen molar-refractivity contribution in [2.45, 2.75) is 6.92 Å². The van der Waals surface area contributed by atoms with E-state index in [-0.39, 0.29) is 0 Å². The lowest BCUT2D eigenvalue weighted by atomic mass is 10.1. The summed E-state index contributed by atoms with van der Waals surface area (Å²) in [5, 5.41) is 0. The van der Waals surface area contributed by atoms with Crippen molar-refractivity contribution >= 4 is 18.2 Å². The molecule has 0 aliphatic heterocycles. The highest BCUT2D eigenvalue weighted by Crippen LogP contribution is 2.22. The first-order valence-electron chi connectivity index (χ1n) is 3.13. The number of carbonyl (C=O) groups excluding carboxylic acids is 1. The molecule has 0 saturated heterocycles. The topological polar surface area (TPSA) is 26.3 Å². The fourth-order valence-electron chi connectivity index (χ4n) is 0.873. The number of para-hydroxylation sites is 1. The Labute approximate surface area is 69.9 Å². The van der Waals surface area contributed by atoms with E-state index in [0.29, 0.717) is 17.6 Å². The predicted octanol–water partition coefficient (Wildman–Crippen LogP) is 2.34. The van der Waals surface area contributed by atoms with Gasteiger partial charge in [-0.2, -0.15) is 0 Å². The van der Waals surface area contributed by atoms with Gasteiger partial charge in [-0.25, -0.2) is 0 Å². The third-order valence-electron chi connectivity index (χ3n) is 1.45. The average Bonchev–Trinajstić information content (AvgIpc) is 2.04. The van der Waals surface area contributed by atoms with Crippen LogP contribution in [0.5, 0.6) is 5.75 Å². The lowest BCUT2D eigenvalue weighted by Gasteiger charge is -2.02. The van der Waals surface area contributed by atoms with E-state index in [1.807, 2.05) is 13.0 Å². The second kappa shape index (κ2) is 3.39. The molecule has 0 heterocycles. The molecule has 0 fully saturated rings. The van der Waals surface area contributed by atoms with Gasteiger partial charge in [-0.3, -0.25) is 4.79 Å². The Kier molecular flexibility index (Phi) is 2.49. The van der Waals surface area contributed by atoms with Crippen LogP contribution in [0.15, 0.2) is 18.2 Å². The van der Waals surface area contributed by atoms with Crippen molar-refractivity contribution in [2.24, 2.45) is 0 Å². The van der Waals surface area contributed by atoms with Gasteiger partial charge in [0.1, 0.15) is 11.9 Å². The van der Waals surface area contributed by atoms with Gasteiger partial charge in [-0.05, 0) is 18.6 Å². The molecule has 3 heteroatoms. The van der Waals surface area contributed by atoms with Crippen molar-refractivity contribution in [2.75, 3.05) is 0 Å². The predicted molar refractivity (Wildman–Crippen MR) is 43.0 cm³/mol. The van der Waals surface area contributed by atoms with E-state index in [9.17, 15) is 4.79 Å². The monoisotopic (exact) mass is 170 g/mol. The second-order valence-electron chi connectivity index (χ2n) is 2.19. The molecule has 0 unspecified atom stereocenters. The van der Waals surface area contributed by atoms with Crippen LogP contribution in [0, 0.1) is 6.92 Å². The Morgan fingerprint density at radius 3 is 2.73 bits per heavy atom. The zero-order chi connectivity index (χ0) is 8.27. The van der Waals surface area contributed by atoms with Gasteiger partial charge in [0.05, 0.1) is 5.56 Å². The van der Waals surface area contributed by atoms with Crippen molar-refractivity contribution in [1.29, 1.82) is 0 Å². The van der Waals surface area contributed by atoms with E-state index in [4.69, 9.17) is 11.9 Å². The Bertz CT molecular complexity index is 271. The summed E-state index contributed by atoms with van der Waals surface area (Å²) in [5.74, 6) is 0.434. The van der Waals surface area contributed by atoms with E-state index in [2.05, 4.69) is 4.29 Å². The largest absolute Gasteiger partial charge is 0.385 e. The summed E-state index contributed by atoms with van der Waals surface area (Å²) in [6.07, 6.45) is 0.713. The molecule has 0 amide bonds. The number of benzene rings is 1. The van der Waals surface area contributed by atoms with Crippen LogP contribution in [0.2, 0.25) is 0 Å². The minimum atomic E-state index is 0.434. The van der Waals surface area contributed by atoms with E-state index in [0.717, 1.165) is 5.56 Å². The van der Waals surface area contributed by atoms with Crippen LogP contribution < -0.4 is 4.29 Å². The normalized spacial score (nSPS) is 9.27. The Hall–Kier alpha value is -1.02. The van der Waals surface area contributed by atoms with E-state index < -0.39 is 0 Å². The zero-order valence-corrected chi connectivity index (χ0v) is 6.76. The number of hydrogen-bond acceptors (Lipinski definition) is 2. The molecular weight excluding hydrogens is 164 g/mol. The van der Waals surface area contributed by atoms with Crippen molar-refractivity contribution in [3.63, 3.8) is 0 Å². The van der Waals surface area contributed by atoms with Gasteiger partial charge in [0.25, 0.3) is 0 Å². The van der Waals surface area contributed by atoms with Gasteiger partial charge in [0.15, 0.2) is 12.0 Å². The maximum absolute atomic E-state index is 10.4. The number of rotatable bonds is 2. The standard InChI is InChI=1S/C8H7ClO2/c1-6-3-2-4-7(5-10)8(6)11-9/h2-5H,1H3. The molecule has 0 aliphatic rings. The average molecular weight is 171 g/mol. The van der Waals surface area contributed by atoms with Gasteiger partial charge in [-0.15, -0.1) is 0 Å². The lowest BCUT2D eigenvalue weighted by Crippen LogP contribution is -1.88. The first kappa shape index (κ1) is 8.08. The SMILES string of the molecule is Cc1cccc(C=O)c1OCl. The smallest absolute Gasteiger partial charge is 0.159 e. The highest BCUT2D eigenvalue weighted by Gasteiger charge is 2.04. The third kappa shape index (κ3) is 1.52. The van der Waals surface area contributed by atoms with Crippen LogP contribution in [-0.2, 0) is 0 Å². The van der Waals surface area contributed by atoms with Gasteiger partial charge < -0.3 is 4.29 Å². The van der Waals surface area contributed by atoms with E-state index >= 15 is 0 Å². The fraction of sp³-hybridized carbons (Fsp3) is 0.125. The first-order chi connectivity index (χ1) is 5.29. The number of aryl methyl sites for hydroxylation is 1. The summed E-state index contributed by atoms with van der Waals surface area (Å²) in [6.45, 7) is 1.82. The Balaban J connectivity index is 3.23. The molecule has 0 radical (unpaired) electrons. The zero-order valence-electron chi connectivity index (χ0n) is 6.00. The molecule has 0 aliphatic carbocycles. The maximum Gasteiger partial charge on any atom is 0.159 e. The van der Waals surface area contributed by atoms with Gasteiger partial charge in [-0.1, -0.05) is 12.1 Å². The summed E-state index contributed by atoms with van der Waals surface area (Å²) in [4.78, 5) is 10.4. The maximum atomic E-state index is 10.4. The third-order valence-corrected chi connectivity index (χ3v) is 1.60. The molecule has 0 spiro atoms. The summed E-state index contributed by atoms with van der Waals surface area (Å²) < 4.78 is 4.51. The van der Waals surface area contributed by atoms with Gasteiger partial charge in [0.2, 0.25) is 0 Å². The van der Waals surface area contributed by atoms with Crippen LogP contribution in [0.3, 0.4) is 0 Å². The number of aldehydes is 1. The van der Waals surface area contributed by atoms with Crippen LogP contribution in [0.1, 0.15) is 15.9 Å². The highest BCUT2D eigenvalue weighted by molar-refractivity contribution is 6.09. The minimum absolute atomic E-state index is 0.434. The minimum Gasteiger partial charge on any atom is -0.385 e.